The molecule has 1 aromatic heterocycles. The molecule has 25 heavy (non-hydrogen) atoms. The molecule has 1 aromatic carbocycles. The van der Waals surface area contributed by atoms with Crippen molar-refractivity contribution in [2.45, 2.75) is 30.7 Å². The average molecular weight is 360 g/mol. The predicted octanol–water partition coefficient (Wildman–Crippen LogP) is 1.91. The van der Waals surface area contributed by atoms with Crippen molar-refractivity contribution in [3.05, 3.63) is 46.8 Å². The summed E-state index contributed by atoms with van der Waals surface area (Å²) in [6, 6.07) is 5.97. The highest BCUT2D eigenvalue weighted by Crippen LogP contribution is 2.36. The van der Waals surface area contributed by atoms with Crippen molar-refractivity contribution in [3.8, 4) is 17.2 Å². The van der Waals surface area contributed by atoms with E-state index in [9.17, 15) is 4.21 Å². The third-order valence-electron chi connectivity index (χ3n) is 4.60. The third kappa shape index (κ3) is 2.98. The predicted molar refractivity (Wildman–Crippen MR) is 94.3 cm³/mol. The van der Waals surface area contributed by atoms with E-state index in [1.807, 2.05) is 0 Å². The van der Waals surface area contributed by atoms with Crippen LogP contribution >= 0.6 is 0 Å². The van der Waals surface area contributed by atoms with Gasteiger partial charge in [0.25, 0.3) is 0 Å². The number of nitrogens with zero attached hydrogens (tertiary/aromatic N) is 1. The molecule has 7 heteroatoms. The van der Waals surface area contributed by atoms with Crippen molar-refractivity contribution in [1.82, 2.24) is 10.3 Å². The lowest BCUT2D eigenvalue weighted by atomic mass is 10.0. The van der Waals surface area contributed by atoms with Crippen LogP contribution < -0.4 is 19.5 Å². The van der Waals surface area contributed by atoms with Gasteiger partial charge in [-0.1, -0.05) is 6.07 Å². The van der Waals surface area contributed by atoms with E-state index in [0.29, 0.717) is 23.6 Å². The van der Waals surface area contributed by atoms with Crippen LogP contribution in [0.1, 0.15) is 22.4 Å². The first-order valence-electron chi connectivity index (χ1n) is 8.14. The second-order valence-electron chi connectivity index (χ2n) is 6.10. The molecule has 2 aromatic rings. The molecule has 0 fully saturated rings. The highest BCUT2D eigenvalue weighted by molar-refractivity contribution is 7.84. The van der Waals surface area contributed by atoms with Crippen molar-refractivity contribution in [3.63, 3.8) is 0 Å². The molecule has 3 heterocycles. The summed E-state index contributed by atoms with van der Waals surface area (Å²) < 4.78 is 29.5. The first kappa shape index (κ1) is 16.4. The van der Waals surface area contributed by atoms with E-state index in [2.05, 4.69) is 22.4 Å². The number of hydrogen-bond donors (Lipinski definition) is 1. The molecule has 2 atom stereocenters. The summed E-state index contributed by atoms with van der Waals surface area (Å²) in [6.45, 7) is 1.76. The van der Waals surface area contributed by atoms with Crippen LogP contribution in [-0.2, 0) is 36.1 Å². The summed E-state index contributed by atoms with van der Waals surface area (Å²) in [5.41, 5.74) is 3.97. The third-order valence-corrected chi connectivity index (χ3v) is 6.00. The highest BCUT2D eigenvalue weighted by atomic mass is 32.2. The molecule has 0 saturated carbocycles. The number of rotatable bonds is 5. The Balaban J connectivity index is 1.52. The maximum atomic E-state index is 12.8. The van der Waals surface area contributed by atoms with Crippen molar-refractivity contribution >= 4 is 10.8 Å². The van der Waals surface area contributed by atoms with Gasteiger partial charge in [-0.25, -0.2) is 0 Å². The minimum Gasteiger partial charge on any atom is -0.493 e. The molecule has 0 aliphatic carbocycles. The van der Waals surface area contributed by atoms with Crippen LogP contribution in [0.3, 0.4) is 0 Å². The van der Waals surface area contributed by atoms with E-state index in [4.69, 9.17) is 14.2 Å². The van der Waals surface area contributed by atoms with E-state index < -0.39 is 10.8 Å². The van der Waals surface area contributed by atoms with Gasteiger partial charge in [0, 0.05) is 31.8 Å². The number of hydrogen-bond acceptors (Lipinski definition) is 6. The molecule has 0 radical (unpaired) electrons. The standard InChI is InChI=1S/C18H20N2O4S/c1-22-15-3-4-20-14(18(15)23-2)10-25(21)17-7-11-5-12-8-19-9-13(12)6-16(11)24-17/h3-6,17,19H,7-10H2,1-2H3. The van der Waals surface area contributed by atoms with Crippen LogP contribution in [0.2, 0.25) is 0 Å². The van der Waals surface area contributed by atoms with Crippen LogP contribution in [0, 0.1) is 0 Å². The zero-order chi connectivity index (χ0) is 17.4. The number of nitrogens with one attached hydrogen (secondary N) is 1. The Morgan fingerprint density at radius 3 is 2.80 bits per heavy atom. The lowest BCUT2D eigenvalue weighted by molar-refractivity contribution is 0.314. The van der Waals surface area contributed by atoms with Gasteiger partial charge in [-0.3, -0.25) is 9.19 Å². The summed E-state index contributed by atoms with van der Waals surface area (Å²) in [5.74, 6) is 2.23. The van der Waals surface area contributed by atoms with Crippen molar-refractivity contribution < 1.29 is 18.4 Å². The fourth-order valence-corrected chi connectivity index (χ4v) is 4.58. The lowest BCUT2D eigenvalue weighted by Crippen LogP contribution is -2.21. The molecular weight excluding hydrogens is 340 g/mol. The highest BCUT2D eigenvalue weighted by Gasteiger charge is 2.30. The van der Waals surface area contributed by atoms with Crippen LogP contribution in [0.15, 0.2) is 24.4 Å². The largest absolute Gasteiger partial charge is 0.493 e. The number of ether oxygens (including phenoxy) is 3. The Morgan fingerprint density at radius 1 is 1.24 bits per heavy atom. The second-order valence-corrected chi connectivity index (χ2v) is 7.68. The number of methoxy groups -OCH3 is 2. The van der Waals surface area contributed by atoms with Gasteiger partial charge < -0.3 is 19.5 Å². The fraction of sp³-hybridized carbons (Fsp3) is 0.389. The lowest BCUT2D eigenvalue weighted by Gasteiger charge is -2.14. The molecular formula is C18H20N2O4S. The molecule has 0 spiro atoms. The summed E-state index contributed by atoms with van der Waals surface area (Å²) in [7, 11) is 1.90. The quantitative estimate of drug-likeness (QED) is 0.878. The van der Waals surface area contributed by atoms with Crippen LogP contribution in [-0.4, -0.2) is 28.8 Å². The summed E-state index contributed by atoms with van der Waals surface area (Å²) in [6.07, 6.45) is 2.29. The van der Waals surface area contributed by atoms with Gasteiger partial charge in [0.2, 0.25) is 0 Å². The molecule has 6 nitrogen and oxygen atoms in total. The van der Waals surface area contributed by atoms with Crippen molar-refractivity contribution in [2.75, 3.05) is 14.2 Å². The van der Waals surface area contributed by atoms with Gasteiger partial charge in [-0.05, 0) is 22.8 Å². The SMILES string of the molecule is COc1ccnc(CS(=O)C2Cc3cc4c(cc3O2)CNC4)c1OC. The Hall–Kier alpha value is -2.12. The van der Waals surface area contributed by atoms with E-state index in [-0.39, 0.29) is 11.2 Å². The van der Waals surface area contributed by atoms with Crippen LogP contribution in [0.4, 0.5) is 0 Å². The molecule has 2 aliphatic heterocycles. The Labute approximate surface area is 149 Å². The zero-order valence-corrected chi connectivity index (χ0v) is 15.0. The first-order chi connectivity index (χ1) is 12.2. The van der Waals surface area contributed by atoms with Gasteiger partial charge in [-0.15, -0.1) is 0 Å². The average Bonchev–Trinajstić information content (AvgIpc) is 3.24. The second kappa shape index (κ2) is 6.65. The first-order valence-corrected chi connectivity index (χ1v) is 9.53. The molecule has 0 amide bonds. The normalized spacial score (nSPS) is 19.0. The monoisotopic (exact) mass is 360 g/mol. The summed E-state index contributed by atoms with van der Waals surface area (Å²) in [4.78, 5) is 4.31. The fourth-order valence-electron chi connectivity index (χ4n) is 3.34. The Bertz CT molecular complexity index is 807. The van der Waals surface area contributed by atoms with Gasteiger partial charge in [-0.2, -0.15) is 0 Å². The maximum absolute atomic E-state index is 12.8. The number of fused-ring (bicyclic) bond motifs is 2. The molecule has 0 bridgehead atoms. The minimum absolute atomic E-state index is 0.264. The van der Waals surface area contributed by atoms with E-state index in [1.165, 1.54) is 11.1 Å². The van der Waals surface area contributed by atoms with Crippen LogP contribution in [0.25, 0.3) is 0 Å². The van der Waals surface area contributed by atoms with Crippen molar-refractivity contribution in [2.24, 2.45) is 0 Å². The minimum atomic E-state index is -1.23. The summed E-state index contributed by atoms with van der Waals surface area (Å²) >= 11 is 0. The molecule has 2 aliphatic rings. The molecule has 2 unspecified atom stereocenters. The molecule has 132 valence electrons. The maximum Gasteiger partial charge on any atom is 0.183 e. The van der Waals surface area contributed by atoms with E-state index in [1.54, 1.807) is 26.5 Å². The van der Waals surface area contributed by atoms with Gasteiger partial charge in [0.15, 0.2) is 16.9 Å². The number of benzene rings is 1. The van der Waals surface area contributed by atoms with E-state index >= 15 is 0 Å². The Kier molecular flexibility index (Phi) is 4.35. The molecule has 0 saturated heterocycles. The molecule has 1 N–H and O–H groups in total. The smallest absolute Gasteiger partial charge is 0.183 e. The van der Waals surface area contributed by atoms with Gasteiger partial charge >= 0.3 is 0 Å². The van der Waals surface area contributed by atoms with Gasteiger partial charge in [0.1, 0.15) is 5.75 Å². The summed E-state index contributed by atoms with van der Waals surface area (Å²) in [5, 5.41) is 3.33. The van der Waals surface area contributed by atoms with Crippen molar-refractivity contribution in [1.29, 1.82) is 0 Å². The zero-order valence-electron chi connectivity index (χ0n) is 14.2. The number of pyridine rings is 1. The topological polar surface area (TPSA) is 69.7 Å². The molecule has 4 rings (SSSR count). The van der Waals surface area contributed by atoms with Crippen LogP contribution in [0.5, 0.6) is 17.2 Å². The van der Waals surface area contributed by atoms with E-state index in [0.717, 1.165) is 24.4 Å². The van der Waals surface area contributed by atoms with Gasteiger partial charge in [0.05, 0.1) is 36.5 Å². The Morgan fingerprint density at radius 2 is 2.04 bits per heavy atom. The number of aromatic nitrogens is 1.